The summed E-state index contributed by atoms with van der Waals surface area (Å²) in [6.07, 6.45) is 7.48. The molecular formula is C13H19NO2. The van der Waals surface area contributed by atoms with Gasteiger partial charge in [0, 0.05) is 12.5 Å². The van der Waals surface area contributed by atoms with Gasteiger partial charge >= 0.3 is 0 Å². The van der Waals surface area contributed by atoms with E-state index >= 15 is 0 Å². The molecule has 88 valence electrons. The van der Waals surface area contributed by atoms with E-state index in [0.29, 0.717) is 18.9 Å². The van der Waals surface area contributed by atoms with Crippen LogP contribution >= 0.6 is 0 Å². The molecule has 16 heavy (non-hydrogen) atoms. The van der Waals surface area contributed by atoms with E-state index in [2.05, 4.69) is 5.32 Å². The second-order valence-corrected chi connectivity index (χ2v) is 4.48. The molecule has 0 amide bonds. The summed E-state index contributed by atoms with van der Waals surface area (Å²) >= 11 is 0. The van der Waals surface area contributed by atoms with Crippen LogP contribution in [-0.4, -0.2) is 18.4 Å². The highest BCUT2D eigenvalue weighted by atomic mass is 16.3. The molecule has 0 saturated carbocycles. The number of nitrogens with one attached hydrogen (secondary N) is 1. The first-order valence-electron chi connectivity index (χ1n) is 6.12. The third-order valence-corrected chi connectivity index (χ3v) is 3.14. The van der Waals surface area contributed by atoms with Crippen molar-refractivity contribution in [3.63, 3.8) is 0 Å². The fraction of sp³-hybridized carbons (Fsp3) is 0.615. The summed E-state index contributed by atoms with van der Waals surface area (Å²) in [5, 5.41) is 3.46. The maximum atomic E-state index is 11.7. The average Bonchev–Trinajstić information content (AvgIpc) is 2.81. The largest absolute Gasteiger partial charge is 0.469 e. The number of rotatable bonds is 5. The van der Waals surface area contributed by atoms with Crippen molar-refractivity contribution in [1.29, 1.82) is 0 Å². The standard InChI is InChI=1S/C13H19NO2/c15-12(10-13-5-3-9-16-13)7-6-11-4-1-2-8-14-11/h3,5,9,11,14H,1-2,4,6-8,10H2. The summed E-state index contributed by atoms with van der Waals surface area (Å²) in [5.74, 6) is 1.06. The van der Waals surface area contributed by atoms with Crippen molar-refractivity contribution in [2.75, 3.05) is 6.54 Å². The lowest BCUT2D eigenvalue weighted by molar-refractivity contribution is -0.118. The number of carbonyl (C=O) groups excluding carboxylic acids is 1. The van der Waals surface area contributed by atoms with E-state index in [4.69, 9.17) is 4.42 Å². The van der Waals surface area contributed by atoms with Crippen LogP contribution in [0.5, 0.6) is 0 Å². The van der Waals surface area contributed by atoms with Crippen LogP contribution in [0.2, 0.25) is 0 Å². The van der Waals surface area contributed by atoms with Crippen LogP contribution in [0.25, 0.3) is 0 Å². The van der Waals surface area contributed by atoms with Crippen LogP contribution in [-0.2, 0) is 11.2 Å². The minimum atomic E-state index is 0.280. The van der Waals surface area contributed by atoms with E-state index in [-0.39, 0.29) is 5.78 Å². The van der Waals surface area contributed by atoms with Crippen molar-refractivity contribution < 1.29 is 9.21 Å². The van der Waals surface area contributed by atoms with Crippen LogP contribution in [0.3, 0.4) is 0 Å². The predicted molar refractivity (Wildman–Crippen MR) is 62.3 cm³/mol. The van der Waals surface area contributed by atoms with Gasteiger partial charge in [0.25, 0.3) is 0 Å². The SMILES string of the molecule is O=C(CCC1CCCCN1)Cc1ccco1. The lowest BCUT2D eigenvalue weighted by Gasteiger charge is -2.22. The highest BCUT2D eigenvalue weighted by Crippen LogP contribution is 2.13. The second kappa shape index (κ2) is 5.85. The van der Waals surface area contributed by atoms with E-state index in [1.54, 1.807) is 6.26 Å². The molecule has 1 fully saturated rings. The molecule has 2 rings (SSSR count). The summed E-state index contributed by atoms with van der Waals surface area (Å²) in [4.78, 5) is 11.7. The second-order valence-electron chi connectivity index (χ2n) is 4.48. The molecule has 1 unspecified atom stereocenters. The Labute approximate surface area is 96.2 Å². The molecule has 2 heterocycles. The Morgan fingerprint density at radius 3 is 3.12 bits per heavy atom. The number of hydrogen-bond acceptors (Lipinski definition) is 3. The molecule has 0 spiro atoms. The van der Waals surface area contributed by atoms with E-state index in [1.165, 1.54) is 19.3 Å². The van der Waals surface area contributed by atoms with Gasteiger partial charge in [0.15, 0.2) is 0 Å². The number of hydrogen-bond donors (Lipinski definition) is 1. The van der Waals surface area contributed by atoms with Gasteiger partial charge in [-0.25, -0.2) is 0 Å². The highest BCUT2D eigenvalue weighted by molar-refractivity contribution is 5.80. The van der Waals surface area contributed by atoms with Crippen molar-refractivity contribution >= 4 is 5.78 Å². The van der Waals surface area contributed by atoms with Crippen LogP contribution in [0.15, 0.2) is 22.8 Å². The highest BCUT2D eigenvalue weighted by Gasteiger charge is 2.14. The first-order valence-corrected chi connectivity index (χ1v) is 6.12. The third kappa shape index (κ3) is 3.49. The van der Waals surface area contributed by atoms with Crippen molar-refractivity contribution in [3.05, 3.63) is 24.2 Å². The molecule has 1 aromatic heterocycles. The topological polar surface area (TPSA) is 42.2 Å². The molecule has 1 atom stereocenters. The monoisotopic (exact) mass is 221 g/mol. The third-order valence-electron chi connectivity index (χ3n) is 3.14. The van der Waals surface area contributed by atoms with Crippen molar-refractivity contribution in [2.45, 2.75) is 44.6 Å². The molecule has 0 aliphatic carbocycles. The average molecular weight is 221 g/mol. The Balaban J connectivity index is 1.67. The normalized spacial score (nSPS) is 20.9. The Bertz CT molecular complexity index is 313. The molecule has 1 N–H and O–H groups in total. The molecule has 3 heteroatoms. The zero-order valence-corrected chi connectivity index (χ0v) is 9.58. The molecule has 0 aromatic carbocycles. The summed E-state index contributed by atoms with van der Waals surface area (Å²) in [5.41, 5.74) is 0. The molecule has 1 saturated heterocycles. The molecule has 0 bridgehead atoms. The van der Waals surface area contributed by atoms with E-state index in [0.717, 1.165) is 18.7 Å². The maximum absolute atomic E-state index is 11.7. The predicted octanol–water partition coefficient (Wildman–Crippen LogP) is 2.31. The number of furan rings is 1. The van der Waals surface area contributed by atoms with Crippen molar-refractivity contribution in [3.8, 4) is 0 Å². The van der Waals surface area contributed by atoms with E-state index in [9.17, 15) is 4.79 Å². The Hall–Kier alpha value is -1.09. The van der Waals surface area contributed by atoms with Crippen molar-refractivity contribution in [2.24, 2.45) is 0 Å². The van der Waals surface area contributed by atoms with Gasteiger partial charge in [-0.1, -0.05) is 6.42 Å². The smallest absolute Gasteiger partial charge is 0.140 e. The van der Waals surface area contributed by atoms with Crippen LogP contribution in [0.1, 0.15) is 37.9 Å². The number of carbonyl (C=O) groups is 1. The van der Waals surface area contributed by atoms with Gasteiger partial charge in [-0.05, 0) is 37.9 Å². The lowest BCUT2D eigenvalue weighted by atomic mass is 9.98. The zero-order chi connectivity index (χ0) is 11.2. The zero-order valence-electron chi connectivity index (χ0n) is 9.58. The first kappa shape index (κ1) is 11.4. The van der Waals surface area contributed by atoms with Gasteiger partial charge < -0.3 is 9.73 Å². The molecule has 1 aromatic rings. The molecular weight excluding hydrogens is 202 g/mol. The minimum absolute atomic E-state index is 0.280. The quantitative estimate of drug-likeness (QED) is 0.829. The first-order chi connectivity index (χ1) is 7.84. The Kier molecular flexibility index (Phi) is 4.17. The summed E-state index contributed by atoms with van der Waals surface area (Å²) in [6.45, 7) is 1.11. The van der Waals surface area contributed by atoms with Gasteiger partial charge in [-0.3, -0.25) is 4.79 Å². The van der Waals surface area contributed by atoms with E-state index in [1.807, 2.05) is 12.1 Å². The summed E-state index contributed by atoms with van der Waals surface area (Å²) in [7, 11) is 0. The fourth-order valence-corrected chi connectivity index (χ4v) is 2.20. The molecule has 1 aliphatic heterocycles. The molecule has 1 aliphatic rings. The summed E-state index contributed by atoms with van der Waals surface area (Å²) < 4.78 is 5.16. The lowest BCUT2D eigenvalue weighted by Crippen LogP contribution is -2.34. The van der Waals surface area contributed by atoms with Gasteiger partial charge in [0.2, 0.25) is 0 Å². The Morgan fingerprint density at radius 2 is 2.44 bits per heavy atom. The Morgan fingerprint density at radius 1 is 1.50 bits per heavy atom. The van der Waals surface area contributed by atoms with Crippen LogP contribution in [0, 0.1) is 0 Å². The van der Waals surface area contributed by atoms with E-state index < -0.39 is 0 Å². The van der Waals surface area contributed by atoms with Gasteiger partial charge in [-0.15, -0.1) is 0 Å². The van der Waals surface area contributed by atoms with Crippen LogP contribution < -0.4 is 5.32 Å². The van der Waals surface area contributed by atoms with Gasteiger partial charge in [0.1, 0.15) is 11.5 Å². The molecule has 0 radical (unpaired) electrons. The number of ketones is 1. The summed E-state index contributed by atoms with van der Waals surface area (Å²) in [6, 6.07) is 4.23. The minimum Gasteiger partial charge on any atom is -0.469 e. The maximum Gasteiger partial charge on any atom is 0.140 e. The van der Waals surface area contributed by atoms with Crippen molar-refractivity contribution in [1.82, 2.24) is 5.32 Å². The number of Topliss-reactive ketones (excluding diaryl/α,β-unsaturated/α-hetero) is 1. The number of piperidine rings is 1. The molecule has 3 nitrogen and oxygen atoms in total. The van der Waals surface area contributed by atoms with Crippen LogP contribution in [0.4, 0.5) is 0 Å². The van der Waals surface area contributed by atoms with Gasteiger partial charge in [-0.2, -0.15) is 0 Å². The van der Waals surface area contributed by atoms with Gasteiger partial charge in [0.05, 0.1) is 12.7 Å². The fourth-order valence-electron chi connectivity index (χ4n) is 2.20.